The predicted molar refractivity (Wildman–Crippen MR) is 103 cm³/mol. The molecule has 5 nitrogen and oxygen atoms in total. The normalized spacial score (nSPS) is 11.0. The number of benzene rings is 2. The molecular weight excluding hydrogens is 390 g/mol. The van der Waals surface area contributed by atoms with Gasteiger partial charge in [0.25, 0.3) is 0 Å². The van der Waals surface area contributed by atoms with Crippen molar-refractivity contribution in [3.63, 3.8) is 0 Å². The van der Waals surface area contributed by atoms with E-state index < -0.39 is 0 Å². The first-order valence-electron chi connectivity index (χ1n) is 6.96. The Balaban J connectivity index is 0.00000208. The Morgan fingerprint density at radius 1 is 1.08 bits per heavy atom. The average Bonchev–Trinajstić information content (AvgIpc) is 3.01. The van der Waals surface area contributed by atoms with Gasteiger partial charge in [0.2, 0.25) is 5.13 Å². The minimum atomic E-state index is 0. The quantitative estimate of drug-likeness (QED) is 0.436. The molecule has 0 saturated heterocycles. The fourth-order valence-electron chi connectivity index (χ4n) is 2.05. The van der Waals surface area contributed by atoms with E-state index in [1.165, 1.54) is 11.3 Å². The highest BCUT2D eigenvalue weighted by atomic mass is 79.9. The summed E-state index contributed by atoms with van der Waals surface area (Å²) in [6.07, 6.45) is 0. The summed E-state index contributed by atoms with van der Waals surface area (Å²) in [5.74, 6) is 0.417. The number of nitrogens with zero attached hydrogens (tertiary/aromatic N) is 2. The van der Waals surface area contributed by atoms with E-state index in [2.05, 4.69) is 15.5 Å². The molecule has 0 amide bonds. The van der Waals surface area contributed by atoms with Crippen LogP contribution in [0.5, 0.6) is 11.5 Å². The third kappa shape index (κ3) is 4.33. The van der Waals surface area contributed by atoms with Gasteiger partial charge in [-0.15, -0.1) is 28.3 Å². The third-order valence-electron chi connectivity index (χ3n) is 3.23. The van der Waals surface area contributed by atoms with Crippen molar-refractivity contribution in [3.05, 3.63) is 59.5 Å². The summed E-state index contributed by atoms with van der Waals surface area (Å²) >= 11 is 1.43. The smallest absolute Gasteiger partial charge is 0.203 e. The first-order valence-corrected chi connectivity index (χ1v) is 7.84. The number of phenols is 2. The van der Waals surface area contributed by atoms with Crippen LogP contribution >= 0.6 is 28.3 Å². The Morgan fingerprint density at radius 3 is 2.50 bits per heavy atom. The maximum Gasteiger partial charge on any atom is 0.203 e. The zero-order chi connectivity index (χ0) is 16.2. The van der Waals surface area contributed by atoms with Crippen LogP contribution in [0.15, 0.2) is 59.0 Å². The lowest BCUT2D eigenvalue weighted by atomic mass is 10.1. The molecule has 0 aliphatic carbocycles. The molecule has 0 radical (unpaired) electrons. The molecule has 0 atom stereocenters. The van der Waals surface area contributed by atoms with Crippen molar-refractivity contribution < 1.29 is 10.2 Å². The van der Waals surface area contributed by atoms with Crippen LogP contribution in [0, 0.1) is 0 Å². The van der Waals surface area contributed by atoms with Crippen LogP contribution in [0.25, 0.3) is 11.3 Å². The van der Waals surface area contributed by atoms with E-state index in [1.54, 1.807) is 36.4 Å². The Hall–Kier alpha value is -2.38. The number of thiazole rings is 1. The first-order chi connectivity index (χ1) is 11.1. The molecule has 3 aromatic rings. The number of nitrogens with one attached hydrogen (secondary N) is 1. The van der Waals surface area contributed by atoms with Crippen molar-refractivity contribution in [1.29, 1.82) is 0 Å². The minimum absolute atomic E-state index is 0. The number of aromatic hydroxyl groups is 2. The van der Waals surface area contributed by atoms with Crippen molar-refractivity contribution in [1.82, 2.24) is 4.98 Å². The second-order valence-corrected chi connectivity index (χ2v) is 5.81. The van der Waals surface area contributed by atoms with Crippen molar-refractivity contribution in [2.45, 2.75) is 6.92 Å². The van der Waals surface area contributed by atoms with Crippen LogP contribution in [0.2, 0.25) is 0 Å². The fraction of sp³-hybridized carbons (Fsp3) is 0.0588. The van der Waals surface area contributed by atoms with Gasteiger partial charge in [0.1, 0.15) is 11.5 Å². The molecule has 0 spiro atoms. The third-order valence-corrected chi connectivity index (χ3v) is 3.98. The molecule has 2 aromatic carbocycles. The van der Waals surface area contributed by atoms with Crippen LogP contribution in [0.4, 0.5) is 5.13 Å². The van der Waals surface area contributed by atoms with Gasteiger partial charge in [-0.3, -0.25) is 5.43 Å². The topological polar surface area (TPSA) is 77.7 Å². The molecule has 3 N–H and O–H groups in total. The highest BCUT2D eigenvalue weighted by Gasteiger charge is 2.05. The predicted octanol–water partition coefficient (Wildman–Crippen LogP) is 4.64. The summed E-state index contributed by atoms with van der Waals surface area (Å²) in [5, 5.41) is 25.9. The lowest BCUT2D eigenvalue weighted by Gasteiger charge is -2.02. The number of aromatic nitrogens is 1. The minimum Gasteiger partial charge on any atom is -0.508 e. The van der Waals surface area contributed by atoms with Gasteiger partial charge in [0.15, 0.2) is 0 Å². The van der Waals surface area contributed by atoms with Crippen molar-refractivity contribution in [2.75, 3.05) is 5.43 Å². The van der Waals surface area contributed by atoms with Gasteiger partial charge in [-0.05, 0) is 31.2 Å². The molecule has 3 rings (SSSR count). The monoisotopic (exact) mass is 405 g/mol. The number of phenolic OH excluding ortho intramolecular Hbond substituents is 2. The molecule has 7 heteroatoms. The van der Waals surface area contributed by atoms with Gasteiger partial charge in [-0.2, -0.15) is 5.10 Å². The molecule has 0 aliphatic rings. The number of hydrogen-bond donors (Lipinski definition) is 3. The van der Waals surface area contributed by atoms with Crippen LogP contribution in [0.3, 0.4) is 0 Å². The Kier molecular flexibility index (Phi) is 5.94. The standard InChI is InChI=1S/C17H15N3O2S.BrH/c1-11(12-4-2-6-14(21)8-12)19-20-17-18-16(10-23-17)13-5-3-7-15(22)9-13;/h2-10,21-22H,1H3,(H,18,20);1H/b19-11+;. The maximum atomic E-state index is 9.52. The van der Waals surface area contributed by atoms with E-state index in [0.717, 1.165) is 22.5 Å². The first kappa shape index (κ1) is 18.0. The SMILES string of the molecule is Br.C/C(=N\Nc1nc(-c2cccc(O)c2)cs1)c1cccc(O)c1. The van der Waals surface area contributed by atoms with Gasteiger partial charge < -0.3 is 10.2 Å². The van der Waals surface area contributed by atoms with Crippen molar-refractivity contribution in [2.24, 2.45) is 5.10 Å². The van der Waals surface area contributed by atoms with E-state index in [9.17, 15) is 10.2 Å². The molecule has 124 valence electrons. The number of hydrazone groups is 1. The molecule has 0 bridgehead atoms. The zero-order valence-electron chi connectivity index (χ0n) is 12.8. The molecule has 24 heavy (non-hydrogen) atoms. The van der Waals surface area contributed by atoms with Crippen LogP contribution in [-0.2, 0) is 0 Å². The van der Waals surface area contributed by atoms with Crippen molar-refractivity contribution >= 4 is 39.2 Å². The number of anilines is 1. The van der Waals surface area contributed by atoms with Crippen molar-refractivity contribution in [3.8, 4) is 22.8 Å². The largest absolute Gasteiger partial charge is 0.508 e. The van der Waals surface area contributed by atoms with Crippen LogP contribution in [0.1, 0.15) is 12.5 Å². The number of hydrogen-bond acceptors (Lipinski definition) is 6. The van der Waals surface area contributed by atoms with Gasteiger partial charge >= 0.3 is 0 Å². The summed E-state index contributed by atoms with van der Waals surface area (Å²) in [6, 6.07) is 13.9. The fourth-order valence-corrected chi connectivity index (χ4v) is 2.71. The van der Waals surface area contributed by atoms with Gasteiger partial charge in [0.05, 0.1) is 11.4 Å². The number of halogens is 1. The van der Waals surface area contributed by atoms with Gasteiger partial charge in [-0.1, -0.05) is 24.3 Å². The highest BCUT2D eigenvalue weighted by Crippen LogP contribution is 2.27. The molecule has 0 fully saturated rings. The molecule has 1 heterocycles. The summed E-state index contributed by atoms with van der Waals surface area (Å²) in [6.45, 7) is 1.85. The number of rotatable bonds is 4. The molecule has 1 aromatic heterocycles. The average molecular weight is 406 g/mol. The second-order valence-electron chi connectivity index (χ2n) is 4.95. The van der Waals surface area contributed by atoms with E-state index in [0.29, 0.717) is 5.13 Å². The van der Waals surface area contributed by atoms with E-state index in [1.807, 2.05) is 24.4 Å². The Bertz CT molecular complexity index is 864. The second kappa shape index (κ2) is 7.94. The molecule has 0 unspecified atom stereocenters. The summed E-state index contributed by atoms with van der Waals surface area (Å²) in [7, 11) is 0. The lowest BCUT2D eigenvalue weighted by Crippen LogP contribution is -1.99. The maximum absolute atomic E-state index is 9.52. The summed E-state index contributed by atoms with van der Waals surface area (Å²) < 4.78 is 0. The van der Waals surface area contributed by atoms with Gasteiger partial charge in [0, 0.05) is 16.5 Å². The van der Waals surface area contributed by atoms with Gasteiger partial charge in [-0.25, -0.2) is 4.98 Å². The Labute approximate surface area is 154 Å². The zero-order valence-corrected chi connectivity index (χ0v) is 15.3. The Morgan fingerprint density at radius 2 is 1.79 bits per heavy atom. The molecular formula is C17H16BrN3O2S. The summed E-state index contributed by atoms with van der Waals surface area (Å²) in [5.41, 5.74) is 6.13. The molecule has 0 aliphatic heterocycles. The molecule has 0 saturated carbocycles. The van der Waals surface area contributed by atoms with Crippen LogP contribution < -0.4 is 5.43 Å². The van der Waals surface area contributed by atoms with Crippen LogP contribution in [-0.4, -0.2) is 20.9 Å². The lowest BCUT2D eigenvalue weighted by molar-refractivity contribution is 0.475. The van der Waals surface area contributed by atoms with E-state index in [-0.39, 0.29) is 28.5 Å². The van der Waals surface area contributed by atoms with E-state index in [4.69, 9.17) is 0 Å². The highest BCUT2D eigenvalue weighted by molar-refractivity contribution is 8.93. The van der Waals surface area contributed by atoms with E-state index >= 15 is 0 Å². The summed E-state index contributed by atoms with van der Waals surface area (Å²) in [4.78, 5) is 4.44.